The van der Waals surface area contributed by atoms with Gasteiger partial charge in [0.15, 0.2) is 5.82 Å². The summed E-state index contributed by atoms with van der Waals surface area (Å²) < 4.78 is 10.6. The molecule has 0 aliphatic carbocycles. The second-order valence-electron chi connectivity index (χ2n) is 5.18. The number of aryl methyl sites for hydroxylation is 2. The van der Waals surface area contributed by atoms with E-state index >= 15 is 0 Å². The molecule has 2 aromatic heterocycles. The lowest BCUT2D eigenvalue weighted by atomic mass is 10.2. The van der Waals surface area contributed by atoms with Crippen molar-refractivity contribution >= 4 is 17.6 Å². The van der Waals surface area contributed by atoms with Crippen LogP contribution in [0.5, 0.6) is 0 Å². The van der Waals surface area contributed by atoms with Crippen molar-refractivity contribution < 1.29 is 9.26 Å². The normalized spacial score (nSPS) is 17.9. The first kappa shape index (κ1) is 13.8. The largest absolute Gasteiger partial charge is 0.376 e. The van der Waals surface area contributed by atoms with E-state index < -0.39 is 0 Å². The molecule has 0 aromatic carbocycles. The number of hydrogen-bond acceptors (Lipinski definition) is 7. The highest BCUT2D eigenvalue weighted by molar-refractivity contribution is 5.53. The zero-order valence-corrected chi connectivity index (χ0v) is 12.2. The molecule has 3 rings (SSSR count). The summed E-state index contributed by atoms with van der Waals surface area (Å²) in [5, 5.41) is 10.2. The number of ether oxygens (including phenoxy) is 1. The number of aromatic nitrogens is 3. The molecule has 1 saturated heterocycles. The summed E-state index contributed by atoms with van der Waals surface area (Å²) in [5.41, 5.74) is 0.877. The fourth-order valence-electron chi connectivity index (χ4n) is 2.28. The van der Waals surface area contributed by atoms with Gasteiger partial charge in [0.2, 0.25) is 5.95 Å². The van der Waals surface area contributed by atoms with E-state index in [1.807, 2.05) is 26.0 Å². The van der Waals surface area contributed by atoms with Crippen molar-refractivity contribution in [2.24, 2.45) is 0 Å². The van der Waals surface area contributed by atoms with Crippen LogP contribution in [0.2, 0.25) is 0 Å². The monoisotopic (exact) mass is 289 g/mol. The molecule has 0 saturated carbocycles. The zero-order chi connectivity index (χ0) is 14.7. The van der Waals surface area contributed by atoms with Crippen LogP contribution < -0.4 is 10.6 Å². The fourth-order valence-corrected chi connectivity index (χ4v) is 2.28. The molecule has 1 fully saturated rings. The third-order valence-electron chi connectivity index (χ3n) is 3.25. The molecule has 7 nitrogen and oxygen atoms in total. The summed E-state index contributed by atoms with van der Waals surface area (Å²) in [6.07, 6.45) is 2.46. The molecular weight excluding hydrogens is 270 g/mol. The van der Waals surface area contributed by atoms with Gasteiger partial charge in [0.25, 0.3) is 0 Å². The Kier molecular flexibility index (Phi) is 4.01. The lowest BCUT2D eigenvalue weighted by Crippen LogP contribution is -2.20. The highest BCUT2D eigenvalue weighted by atomic mass is 16.5. The Morgan fingerprint density at radius 3 is 2.86 bits per heavy atom. The number of anilines is 3. The predicted octanol–water partition coefficient (Wildman–Crippen LogP) is 2.42. The van der Waals surface area contributed by atoms with Crippen LogP contribution >= 0.6 is 0 Å². The summed E-state index contributed by atoms with van der Waals surface area (Å²) in [5.74, 6) is 2.66. The van der Waals surface area contributed by atoms with E-state index in [2.05, 4.69) is 25.8 Å². The van der Waals surface area contributed by atoms with Gasteiger partial charge in [-0.1, -0.05) is 5.16 Å². The average Bonchev–Trinajstić information content (AvgIpc) is 3.08. The molecule has 21 heavy (non-hydrogen) atoms. The van der Waals surface area contributed by atoms with Gasteiger partial charge in [-0.15, -0.1) is 0 Å². The van der Waals surface area contributed by atoms with E-state index in [9.17, 15) is 0 Å². The van der Waals surface area contributed by atoms with Crippen LogP contribution in [-0.4, -0.2) is 34.4 Å². The van der Waals surface area contributed by atoms with Crippen molar-refractivity contribution in [2.45, 2.75) is 32.8 Å². The smallest absolute Gasteiger partial charge is 0.224 e. The van der Waals surface area contributed by atoms with Crippen LogP contribution in [0.25, 0.3) is 0 Å². The number of rotatable bonds is 5. The lowest BCUT2D eigenvalue weighted by molar-refractivity contribution is 0.120. The van der Waals surface area contributed by atoms with Gasteiger partial charge in [0.05, 0.1) is 6.10 Å². The molecule has 112 valence electrons. The first-order chi connectivity index (χ1) is 10.2. The van der Waals surface area contributed by atoms with E-state index in [0.29, 0.717) is 17.6 Å². The Balaban J connectivity index is 1.66. The molecule has 0 amide bonds. The molecule has 1 unspecified atom stereocenters. The highest BCUT2D eigenvalue weighted by Crippen LogP contribution is 2.17. The second kappa shape index (κ2) is 6.09. The van der Waals surface area contributed by atoms with Crippen LogP contribution in [0, 0.1) is 13.8 Å². The molecule has 2 N–H and O–H groups in total. The number of hydrogen-bond donors (Lipinski definition) is 2. The molecule has 2 aromatic rings. The molecule has 1 aliphatic rings. The van der Waals surface area contributed by atoms with E-state index in [1.165, 1.54) is 0 Å². The Morgan fingerprint density at radius 2 is 2.14 bits per heavy atom. The van der Waals surface area contributed by atoms with Gasteiger partial charge in [-0.3, -0.25) is 0 Å². The molecular formula is C14H19N5O2. The minimum absolute atomic E-state index is 0.253. The van der Waals surface area contributed by atoms with Crippen LogP contribution in [0.1, 0.15) is 24.3 Å². The van der Waals surface area contributed by atoms with Crippen molar-refractivity contribution in [3.63, 3.8) is 0 Å². The Hall–Kier alpha value is -2.15. The highest BCUT2D eigenvalue weighted by Gasteiger charge is 2.15. The van der Waals surface area contributed by atoms with Gasteiger partial charge >= 0.3 is 0 Å². The van der Waals surface area contributed by atoms with Gasteiger partial charge in [0.1, 0.15) is 11.6 Å². The Labute approximate surface area is 123 Å². The minimum atomic E-state index is 0.253. The average molecular weight is 289 g/mol. The van der Waals surface area contributed by atoms with E-state index in [4.69, 9.17) is 9.26 Å². The summed E-state index contributed by atoms with van der Waals surface area (Å²) >= 11 is 0. The maximum atomic E-state index is 5.58. The Morgan fingerprint density at radius 1 is 1.24 bits per heavy atom. The Bertz CT molecular complexity index is 607. The second-order valence-corrected chi connectivity index (χ2v) is 5.18. The van der Waals surface area contributed by atoms with E-state index in [1.54, 1.807) is 0 Å². The van der Waals surface area contributed by atoms with Gasteiger partial charge in [-0.2, -0.15) is 4.98 Å². The van der Waals surface area contributed by atoms with E-state index in [0.717, 1.165) is 37.4 Å². The van der Waals surface area contributed by atoms with Crippen molar-refractivity contribution in [1.29, 1.82) is 0 Å². The minimum Gasteiger partial charge on any atom is -0.376 e. The van der Waals surface area contributed by atoms with Crippen molar-refractivity contribution in [2.75, 3.05) is 23.8 Å². The van der Waals surface area contributed by atoms with Crippen molar-refractivity contribution in [3.8, 4) is 0 Å². The quantitative estimate of drug-likeness (QED) is 0.874. The molecule has 0 radical (unpaired) electrons. The van der Waals surface area contributed by atoms with Gasteiger partial charge in [-0.25, -0.2) is 4.98 Å². The predicted molar refractivity (Wildman–Crippen MR) is 78.8 cm³/mol. The van der Waals surface area contributed by atoms with Gasteiger partial charge in [-0.05, 0) is 26.7 Å². The zero-order valence-electron chi connectivity index (χ0n) is 12.2. The first-order valence-corrected chi connectivity index (χ1v) is 7.10. The third-order valence-corrected chi connectivity index (χ3v) is 3.25. The summed E-state index contributed by atoms with van der Waals surface area (Å²) in [4.78, 5) is 8.81. The first-order valence-electron chi connectivity index (χ1n) is 7.10. The van der Waals surface area contributed by atoms with Crippen molar-refractivity contribution in [3.05, 3.63) is 23.6 Å². The molecule has 7 heteroatoms. The van der Waals surface area contributed by atoms with Gasteiger partial charge < -0.3 is 19.9 Å². The van der Waals surface area contributed by atoms with Crippen LogP contribution in [0.4, 0.5) is 17.6 Å². The van der Waals surface area contributed by atoms with Crippen molar-refractivity contribution in [1.82, 2.24) is 15.1 Å². The third kappa shape index (κ3) is 3.69. The molecule has 1 aliphatic heterocycles. The SMILES string of the molecule is Cc1cc(Nc2cc(C)on2)nc(NCC2CCCO2)n1. The molecule has 0 spiro atoms. The molecule has 1 atom stereocenters. The fraction of sp³-hybridized carbons (Fsp3) is 0.500. The van der Waals surface area contributed by atoms with E-state index in [-0.39, 0.29) is 6.10 Å². The summed E-state index contributed by atoms with van der Waals surface area (Å²) in [7, 11) is 0. The topological polar surface area (TPSA) is 85.1 Å². The standard InChI is InChI=1S/C14H19N5O2/c1-9-6-12(17-13-7-10(2)21-19-13)18-14(16-9)15-8-11-4-3-5-20-11/h6-7,11H,3-5,8H2,1-2H3,(H2,15,16,17,18,19). The molecule has 0 bridgehead atoms. The lowest BCUT2D eigenvalue weighted by Gasteiger charge is -2.12. The summed E-state index contributed by atoms with van der Waals surface area (Å²) in [6, 6.07) is 3.68. The summed E-state index contributed by atoms with van der Waals surface area (Å²) in [6.45, 7) is 5.35. The van der Waals surface area contributed by atoms with Crippen LogP contribution in [0.3, 0.4) is 0 Å². The maximum Gasteiger partial charge on any atom is 0.224 e. The van der Waals surface area contributed by atoms with Gasteiger partial charge in [0, 0.05) is 31.0 Å². The number of nitrogens with one attached hydrogen (secondary N) is 2. The molecule has 3 heterocycles. The maximum absolute atomic E-state index is 5.58. The van der Waals surface area contributed by atoms with Crippen LogP contribution in [-0.2, 0) is 4.74 Å². The number of nitrogens with zero attached hydrogens (tertiary/aromatic N) is 3. The van der Waals surface area contributed by atoms with Crippen LogP contribution in [0.15, 0.2) is 16.7 Å².